The molecule has 0 saturated heterocycles. The van der Waals surface area contributed by atoms with Gasteiger partial charge in [-0.15, -0.1) is 0 Å². The van der Waals surface area contributed by atoms with Crippen LogP contribution in [0.25, 0.3) is 0 Å². The van der Waals surface area contributed by atoms with Crippen LogP contribution in [-0.2, 0) is 16.1 Å². The van der Waals surface area contributed by atoms with Gasteiger partial charge in [0.1, 0.15) is 12.6 Å². The van der Waals surface area contributed by atoms with Crippen LogP contribution in [0.15, 0.2) is 60.7 Å². The van der Waals surface area contributed by atoms with E-state index in [4.69, 9.17) is 10.5 Å². The molecule has 0 bridgehead atoms. The Morgan fingerprint density at radius 2 is 1.60 bits per heavy atom. The van der Waals surface area contributed by atoms with Gasteiger partial charge in [-0.3, -0.25) is 4.79 Å². The molecule has 0 radical (unpaired) electrons. The van der Waals surface area contributed by atoms with Gasteiger partial charge in [0, 0.05) is 5.92 Å². The van der Waals surface area contributed by atoms with Crippen LogP contribution in [0.5, 0.6) is 0 Å². The smallest absolute Gasteiger partial charge is 0.323 e. The molecule has 2 rings (SSSR count). The second kappa shape index (κ2) is 6.87. The molecule has 2 aromatic rings. The number of carbonyl (C=O) groups is 1. The highest BCUT2D eigenvalue weighted by molar-refractivity contribution is 5.76. The van der Waals surface area contributed by atoms with E-state index >= 15 is 0 Å². The number of benzene rings is 2. The monoisotopic (exact) mass is 269 g/mol. The SMILES string of the molecule is C[C@@H](c1ccccc1)[C@H](N)C(=O)OCc1ccccc1. The summed E-state index contributed by atoms with van der Waals surface area (Å²) in [6, 6.07) is 18.7. The first kappa shape index (κ1) is 14.3. The van der Waals surface area contributed by atoms with Crippen LogP contribution < -0.4 is 5.73 Å². The van der Waals surface area contributed by atoms with Crippen molar-refractivity contribution in [2.45, 2.75) is 25.5 Å². The number of nitrogens with two attached hydrogens (primary N) is 1. The average molecular weight is 269 g/mol. The van der Waals surface area contributed by atoms with Crippen molar-refractivity contribution in [3.05, 3.63) is 71.8 Å². The topological polar surface area (TPSA) is 52.3 Å². The van der Waals surface area contributed by atoms with Crippen LogP contribution in [0.1, 0.15) is 24.0 Å². The zero-order chi connectivity index (χ0) is 14.4. The van der Waals surface area contributed by atoms with Gasteiger partial charge >= 0.3 is 5.97 Å². The molecular weight excluding hydrogens is 250 g/mol. The number of ether oxygens (including phenoxy) is 1. The van der Waals surface area contributed by atoms with Gasteiger partial charge in [0.05, 0.1) is 0 Å². The third-order valence-corrected chi connectivity index (χ3v) is 3.36. The van der Waals surface area contributed by atoms with Crippen molar-refractivity contribution in [2.75, 3.05) is 0 Å². The molecule has 3 heteroatoms. The molecule has 3 nitrogen and oxygen atoms in total. The van der Waals surface area contributed by atoms with Crippen LogP contribution in [0.3, 0.4) is 0 Å². The van der Waals surface area contributed by atoms with E-state index in [2.05, 4.69) is 0 Å². The molecule has 2 aromatic carbocycles. The summed E-state index contributed by atoms with van der Waals surface area (Å²) >= 11 is 0. The highest BCUT2D eigenvalue weighted by Crippen LogP contribution is 2.18. The number of hydrogen-bond acceptors (Lipinski definition) is 3. The normalized spacial score (nSPS) is 13.5. The Balaban J connectivity index is 1.92. The summed E-state index contributed by atoms with van der Waals surface area (Å²) in [6.07, 6.45) is 0. The van der Waals surface area contributed by atoms with Crippen molar-refractivity contribution in [3.63, 3.8) is 0 Å². The predicted molar refractivity (Wildman–Crippen MR) is 79.1 cm³/mol. The van der Waals surface area contributed by atoms with Crippen LogP contribution in [-0.4, -0.2) is 12.0 Å². The first-order valence-electron chi connectivity index (χ1n) is 6.69. The minimum absolute atomic E-state index is 0.0699. The number of carbonyl (C=O) groups excluding carboxylic acids is 1. The Morgan fingerprint density at radius 1 is 1.05 bits per heavy atom. The summed E-state index contributed by atoms with van der Waals surface area (Å²) in [4.78, 5) is 12.0. The van der Waals surface area contributed by atoms with Crippen molar-refractivity contribution in [2.24, 2.45) is 5.73 Å². The van der Waals surface area contributed by atoms with Gasteiger partial charge in [-0.1, -0.05) is 67.6 Å². The van der Waals surface area contributed by atoms with Crippen LogP contribution >= 0.6 is 0 Å². The number of rotatable bonds is 5. The summed E-state index contributed by atoms with van der Waals surface area (Å²) in [5, 5.41) is 0. The van der Waals surface area contributed by atoms with Gasteiger partial charge < -0.3 is 10.5 Å². The molecule has 104 valence electrons. The molecule has 0 spiro atoms. The maximum Gasteiger partial charge on any atom is 0.323 e. The van der Waals surface area contributed by atoms with E-state index in [0.29, 0.717) is 0 Å². The second-order valence-electron chi connectivity index (χ2n) is 4.82. The molecule has 0 aromatic heterocycles. The highest BCUT2D eigenvalue weighted by Gasteiger charge is 2.23. The van der Waals surface area contributed by atoms with Crippen LogP contribution in [0.2, 0.25) is 0 Å². The quantitative estimate of drug-likeness (QED) is 0.849. The zero-order valence-electron chi connectivity index (χ0n) is 11.5. The third kappa shape index (κ3) is 3.68. The van der Waals surface area contributed by atoms with Crippen molar-refractivity contribution in [1.82, 2.24) is 0 Å². The number of hydrogen-bond donors (Lipinski definition) is 1. The second-order valence-corrected chi connectivity index (χ2v) is 4.82. The summed E-state index contributed by atoms with van der Waals surface area (Å²) < 4.78 is 5.27. The first-order chi connectivity index (χ1) is 9.68. The minimum atomic E-state index is -0.652. The zero-order valence-corrected chi connectivity index (χ0v) is 11.5. The Morgan fingerprint density at radius 3 is 2.20 bits per heavy atom. The van der Waals surface area contributed by atoms with Gasteiger partial charge in [-0.25, -0.2) is 0 Å². The van der Waals surface area contributed by atoms with Gasteiger partial charge in [-0.2, -0.15) is 0 Å². The van der Waals surface area contributed by atoms with Gasteiger partial charge in [0.25, 0.3) is 0 Å². The molecular formula is C17H19NO2. The summed E-state index contributed by atoms with van der Waals surface area (Å²) in [5.74, 6) is -0.440. The molecule has 0 aliphatic heterocycles. The Bertz CT molecular complexity index is 539. The van der Waals surface area contributed by atoms with Gasteiger partial charge in [-0.05, 0) is 11.1 Å². The van der Waals surface area contributed by atoms with Crippen LogP contribution in [0, 0.1) is 0 Å². The molecule has 2 atom stereocenters. The van der Waals surface area contributed by atoms with E-state index < -0.39 is 6.04 Å². The van der Waals surface area contributed by atoms with E-state index in [1.807, 2.05) is 67.6 Å². The van der Waals surface area contributed by atoms with Gasteiger partial charge in [0.2, 0.25) is 0 Å². The first-order valence-corrected chi connectivity index (χ1v) is 6.69. The summed E-state index contributed by atoms with van der Waals surface area (Å²) in [7, 11) is 0. The molecule has 0 amide bonds. The third-order valence-electron chi connectivity index (χ3n) is 3.36. The molecule has 2 N–H and O–H groups in total. The van der Waals surface area contributed by atoms with E-state index in [9.17, 15) is 4.79 Å². The lowest BCUT2D eigenvalue weighted by Gasteiger charge is -2.19. The maximum absolute atomic E-state index is 12.0. The highest BCUT2D eigenvalue weighted by atomic mass is 16.5. The Labute approximate surface area is 119 Å². The molecule has 0 unspecified atom stereocenters. The number of esters is 1. The van der Waals surface area contributed by atoms with E-state index in [1.54, 1.807) is 0 Å². The summed E-state index contributed by atoms with van der Waals surface area (Å²) in [6.45, 7) is 2.19. The molecule has 0 fully saturated rings. The maximum atomic E-state index is 12.0. The van der Waals surface area contributed by atoms with Crippen molar-refractivity contribution in [1.29, 1.82) is 0 Å². The van der Waals surface area contributed by atoms with Crippen molar-refractivity contribution >= 4 is 5.97 Å². The summed E-state index contributed by atoms with van der Waals surface area (Å²) in [5.41, 5.74) is 7.98. The standard InChI is InChI=1S/C17H19NO2/c1-13(15-10-6-3-7-11-15)16(18)17(19)20-12-14-8-4-2-5-9-14/h2-11,13,16H,12,18H2,1H3/t13-,16-/m0/s1. The lowest BCUT2D eigenvalue weighted by molar-refractivity contribution is -0.147. The fourth-order valence-electron chi connectivity index (χ4n) is 1.99. The fraction of sp³-hybridized carbons (Fsp3) is 0.235. The minimum Gasteiger partial charge on any atom is -0.460 e. The molecule has 0 aliphatic carbocycles. The van der Waals surface area contributed by atoms with Crippen molar-refractivity contribution < 1.29 is 9.53 Å². The molecule has 20 heavy (non-hydrogen) atoms. The van der Waals surface area contributed by atoms with Crippen molar-refractivity contribution in [3.8, 4) is 0 Å². The molecule has 0 aliphatic rings. The van der Waals surface area contributed by atoms with E-state index in [1.165, 1.54) is 0 Å². The molecule has 0 heterocycles. The Hall–Kier alpha value is -2.13. The largest absolute Gasteiger partial charge is 0.460 e. The average Bonchev–Trinajstić information content (AvgIpc) is 2.53. The van der Waals surface area contributed by atoms with E-state index in [-0.39, 0.29) is 18.5 Å². The fourth-order valence-corrected chi connectivity index (χ4v) is 1.99. The van der Waals surface area contributed by atoms with E-state index in [0.717, 1.165) is 11.1 Å². The predicted octanol–water partition coefficient (Wildman–Crippen LogP) is 2.86. The lowest BCUT2D eigenvalue weighted by Crippen LogP contribution is -2.36. The molecule has 0 saturated carbocycles. The van der Waals surface area contributed by atoms with Crippen LogP contribution in [0.4, 0.5) is 0 Å². The Kier molecular flexibility index (Phi) is 4.91. The van der Waals surface area contributed by atoms with Gasteiger partial charge in [0.15, 0.2) is 0 Å². The lowest BCUT2D eigenvalue weighted by atomic mass is 9.94.